The van der Waals surface area contributed by atoms with Gasteiger partial charge in [0.25, 0.3) is 0 Å². The Morgan fingerprint density at radius 2 is 1.60 bits per heavy atom. The summed E-state index contributed by atoms with van der Waals surface area (Å²) in [6.07, 6.45) is -3.15. The van der Waals surface area contributed by atoms with Gasteiger partial charge < -0.3 is 5.73 Å². The van der Waals surface area contributed by atoms with Crippen molar-refractivity contribution in [3.63, 3.8) is 0 Å². The second kappa shape index (κ2) is 6.74. The molecule has 0 heterocycles. The summed E-state index contributed by atoms with van der Waals surface area (Å²) in [7, 11) is 0. The molecular formula is C10H14F3NS. The van der Waals surface area contributed by atoms with Crippen LogP contribution < -0.4 is 5.73 Å². The monoisotopic (exact) mass is 237 g/mol. The molecule has 0 aliphatic heterocycles. The van der Waals surface area contributed by atoms with E-state index in [4.69, 9.17) is 5.73 Å². The Bertz CT molecular complexity index is 267. The molecule has 0 amide bonds. The minimum Gasteiger partial charge on any atom is -0.330 e. The normalized spacial score (nSPS) is 10.5. The Kier molecular flexibility index (Phi) is 6.43. The van der Waals surface area contributed by atoms with Crippen LogP contribution in [0.3, 0.4) is 0 Å². The van der Waals surface area contributed by atoms with Gasteiger partial charge in [-0.2, -0.15) is 13.2 Å². The minimum atomic E-state index is -4.25. The van der Waals surface area contributed by atoms with Crippen molar-refractivity contribution in [2.75, 3.05) is 6.54 Å². The molecule has 1 nitrogen and oxygen atoms in total. The third kappa shape index (κ3) is 6.41. The van der Waals surface area contributed by atoms with Gasteiger partial charge in [0.1, 0.15) is 0 Å². The number of benzene rings is 1. The Morgan fingerprint density at radius 1 is 1.20 bits per heavy atom. The first-order valence-corrected chi connectivity index (χ1v) is 4.92. The maximum Gasteiger partial charge on any atom is 0.416 e. The molecule has 1 aromatic rings. The van der Waals surface area contributed by atoms with Gasteiger partial charge in [0, 0.05) is 4.90 Å². The van der Waals surface area contributed by atoms with Crippen LogP contribution in [0, 0.1) is 0 Å². The predicted molar refractivity (Wildman–Crippen MR) is 58.0 cm³/mol. The highest BCUT2D eigenvalue weighted by Crippen LogP contribution is 2.29. The van der Waals surface area contributed by atoms with E-state index in [1.165, 1.54) is 12.1 Å². The number of nitrogens with two attached hydrogens (primary N) is 1. The Labute approximate surface area is 92.9 Å². The quantitative estimate of drug-likeness (QED) is 0.720. The van der Waals surface area contributed by atoms with Crippen LogP contribution in [-0.4, -0.2) is 6.54 Å². The number of hydrogen-bond acceptors (Lipinski definition) is 2. The summed E-state index contributed by atoms with van der Waals surface area (Å²) in [5, 5.41) is 0. The van der Waals surface area contributed by atoms with Gasteiger partial charge in [-0.3, -0.25) is 0 Å². The van der Waals surface area contributed by atoms with Crippen LogP contribution in [0.5, 0.6) is 0 Å². The summed E-state index contributed by atoms with van der Waals surface area (Å²) in [5.41, 5.74) is 4.38. The molecule has 0 saturated carbocycles. The lowest BCUT2D eigenvalue weighted by Gasteiger charge is -2.05. The second-order valence-corrected chi connectivity index (χ2v) is 3.35. The van der Waals surface area contributed by atoms with E-state index in [-0.39, 0.29) is 0 Å². The number of rotatable bonds is 1. The summed E-state index contributed by atoms with van der Waals surface area (Å²) in [6, 6.07) is 4.63. The fourth-order valence-corrected chi connectivity index (χ4v) is 0.799. The van der Waals surface area contributed by atoms with Gasteiger partial charge in [-0.15, -0.1) is 12.6 Å². The highest BCUT2D eigenvalue weighted by molar-refractivity contribution is 7.80. The van der Waals surface area contributed by atoms with Gasteiger partial charge in [0.2, 0.25) is 0 Å². The molecule has 0 aromatic heterocycles. The van der Waals surface area contributed by atoms with E-state index in [0.717, 1.165) is 25.1 Å². The van der Waals surface area contributed by atoms with Crippen LogP contribution >= 0.6 is 12.6 Å². The van der Waals surface area contributed by atoms with Crippen LogP contribution in [-0.2, 0) is 6.18 Å². The number of halogens is 3. The molecule has 0 radical (unpaired) electrons. The highest BCUT2D eigenvalue weighted by Gasteiger charge is 2.29. The lowest BCUT2D eigenvalue weighted by molar-refractivity contribution is -0.137. The first-order valence-electron chi connectivity index (χ1n) is 4.48. The van der Waals surface area contributed by atoms with E-state index >= 15 is 0 Å². The smallest absolute Gasteiger partial charge is 0.330 e. The van der Waals surface area contributed by atoms with Gasteiger partial charge >= 0.3 is 6.18 Å². The summed E-state index contributed by atoms with van der Waals surface area (Å²) in [6.45, 7) is 2.88. The van der Waals surface area contributed by atoms with Crippen LogP contribution in [0.2, 0.25) is 0 Å². The van der Waals surface area contributed by atoms with Crippen LogP contribution in [0.25, 0.3) is 0 Å². The first-order chi connectivity index (χ1) is 6.91. The molecule has 86 valence electrons. The Balaban J connectivity index is 0.000000423. The van der Waals surface area contributed by atoms with Crippen LogP contribution in [0.1, 0.15) is 18.9 Å². The summed E-state index contributed by atoms with van der Waals surface area (Å²) >= 11 is 3.86. The average molecular weight is 237 g/mol. The minimum absolute atomic E-state index is 0.526. The number of alkyl halides is 3. The largest absolute Gasteiger partial charge is 0.416 e. The van der Waals surface area contributed by atoms with Gasteiger partial charge in [-0.05, 0) is 37.2 Å². The van der Waals surface area contributed by atoms with Gasteiger partial charge in [-0.1, -0.05) is 6.92 Å². The highest BCUT2D eigenvalue weighted by atomic mass is 32.1. The van der Waals surface area contributed by atoms with Gasteiger partial charge in [0.15, 0.2) is 0 Å². The summed E-state index contributed by atoms with van der Waals surface area (Å²) < 4.78 is 35.7. The van der Waals surface area contributed by atoms with Crippen LogP contribution in [0.15, 0.2) is 29.2 Å². The third-order valence-electron chi connectivity index (χ3n) is 1.48. The summed E-state index contributed by atoms with van der Waals surface area (Å²) in [5.74, 6) is 0. The average Bonchev–Trinajstić information content (AvgIpc) is 2.17. The molecule has 0 unspecified atom stereocenters. The molecule has 0 fully saturated rings. The second-order valence-electron chi connectivity index (χ2n) is 2.83. The topological polar surface area (TPSA) is 26.0 Å². The number of thiol groups is 1. The molecule has 0 spiro atoms. The predicted octanol–water partition coefficient (Wildman–Crippen LogP) is 3.35. The zero-order valence-electron chi connectivity index (χ0n) is 8.38. The molecule has 15 heavy (non-hydrogen) atoms. The number of hydrogen-bond donors (Lipinski definition) is 2. The molecule has 0 aliphatic carbocycles. The van der Waals surface area contributed by atoms with Crippen molar-refractivity contribution in [2.24, 2.45) is 5.73 Å². The van der Waals surface area contributed by atoms with Crippen molar-refractivity contribution < 1.29 is 13.2 Å². The molecular weight excluding hydrogens is 223 g/mol. The molecule has 5 heteroatoms. The SMILES string of the molecule is CCCN.FC(F)(F)c1ccc(S)cc1. The first kappa shape index (κ1) is 14.3. The zero-order valence-corrected chi connectivity index (χ0v) is 9.28. The van der Waals surface area contributed by atoms with E-state index in [2.05, 4.69) is 19.6 Å². The van der Waals surface area contributed by atoms with E-state index in [1.54, 1.807) is 0 Å². The van der Waals surface area contributed by atoms with E-state index in [9.17, 15) is 13.2 Å². The molecule has 1 rings (SSSR count). The zero-order chi connectivity index (χ0) is 11.9. The molecule has 0 saturated heterocycles. The maximum atomic E-state index is 11.9. The van der Waals surface area contributed by atoms with Crippen molar-refractivity contribution in [2.45, 2.75) is 24.4 Å². The van der Waals surface area contributed by atoms with E-state index in [0.29, 0.717) is 4.90 Å². The standard InChI is InChI=1S/C7H5F3S.C3H9N/c8-7(9,10)5-1-3-6(11)4-2-5;1-2-3-4/h1-4,11H;2-4H2,1H3. The molecule has 1 aromatic carbocycles. The van der Waals surface area contributed by atoms with Gasteiger partial charge in [-0.25, -0.2) is 0 Å². The van der Waals surface area contributed by atoms with Crippen molar-refractivity contribution in [3.05, 3.63) is 29.8 Å². The molecule has 0 atom stereocenters. The van der Waals surface area contributed by atoms with Crippen LogP contribution in [0.4, 0.5) is 13.2 Å². The molecule has 2 N–H and O–H groups in total. The van der Waals surface area contributed by atoms with Crippen molar-refractivity contribution >= 4 is 12.6 Å². The van der Waals surface area contributed by atoms with E-state index < -0.39 is 11.7 Å². The van der Waals surface area contributed by atoms with Crippen molar-refractivity contribution in [1.29, 1.82) is 0 Å². The molecule has 0 bridgehead atoms. The Hall–Kier alpha value is -0.680. The van der Waals surface area contributed by atoms with Crippen molar-refractivity contribution in [3.8, 4) is 0 Å². The third-order valence-corrected chi connectivity index (χ3v) is 1.78. The van der Waals surface area contributed by atoms with E-state index in [1.807, 2.05) is 0 Å². The van der Waals surface area contributed by atoms with Crippen molar-refractivity contribution in [1.82, 2.24) is 0 Å². The van der Waals surface area contributed by atoms with Gasteiger partial charge in [0.05, 0.1) is 5.56 Å². The Morgan fingerprint density at radius 3 is 1.87 bits per heavy atom. The maximum absolute atomic E-state index is 11.9. The fraction of sp³-hybridized carbons (Fsp3) is 0.400. The fourth-order valence-electron chi connectivity index (χ4n) is 0.650. The lowest BCUT2D eigenvalue weighted by atomic mass is 10.2. The molecule has 0 aliphatic rings. The lowest BCUT2D eigenvalue weighted by Crippen LogP contribution is -2.03. The summed E-state index contributed by atoms with van der Waals surface area (Å²) in [4.78, 5) is 0.526.